The van der Waals surface area contributed by atoms with Gasteiger partial charge in [-0.25, -0.2) is 8.42 Å². The highest BCUT2D eigenvalue weighted by atomic mass is 32.2. The lowest BCUT2D eigenvalue weighted by Crippen LogP contribution is -2.32. The number of hydrogen-bond donors (Lipinski definition) is 0. The number of rotatable bonds is 7. The minimum Gasteiger partial charge on any atom is -0.266 e. The Morgan fingerprint density at radius 3 is 2.60 bits per heavy atom. The van der Waals surface area contributed by atoms with E-state index in [0.29, 0.717) is 5.69 Å². The minimum atomic E-state index is -3.38. The van der Waals surface area contributed by atoms with Gasteiger partial charge in [-0.1, -0.05) is 18.2 Å². The molecular formula is C19H20N2O2S2. The van der Waals surface area contributed by atoms with Crippen molar-refractivity contribution < 1.29 is 8.42 Å². The largest absolute Gasteiger partial charge is 0.266 e. The fourth-order valence-corrected chi connectivity index (χ4v) is 4.37. The minimum absolute atomic E-state index is 0.0576. The van der Waals surface area contributed by atoms with E-state index in [1.54, 1.807) is 30.7 Å². The fourth-order valence-electron chi connectivity index (χ4n) is 2.61. The molecule has 4 nitrogen and oxygen atoms in total. The molecule has 6 heteroatoms. The zero-order chi connectivity index (χ0) is 17.7. The van der Waals surface area contributed by atoms with Crippen LogP contribution in [0.15, 0.2) is 65.6 Å². The number of benzene rings is 1. The van der Waals surface area contributed by atoms with Crippen molar-refractivity contribution in [1.29, 1.82) is 0 Å². The van der Waals surface area contributed by atoms with Crippen LogP contribution in [0.3, 0.4) is 0 Å². The average Bonchev–Trinajstić information content (AvgIpc) is 3.13. The van der Waals surface area contributed by atoms with Gasteiger partial charge in [-0.05, 0) is 65.1 Å². The number of sulfonamides is 1. The lowest BCUT2D eigenvalue weighted by Gasteiger charge is -2.24. The zero-order valence-corrected chi connectivity index (χ0v) is 15.6. The maximum atomic E-state index is 12.6. The quantitative estimate of drug-likeness (QED) is 0.628. The Bertz CT molecular complexity index is 908. The van der Waals surface area contributed by atoms with E-state index in [4.69, 9.17) is 0 Å². The van der Waals surface area contributed by atoms with Crippen molar-refractivity contribution in [3.8, 4) is 0 Å². The number of nitrogens with zero attached hydrogens (tertiary/aromatic N) is 2. The van der Waals surface area contributed by atoms with E-state index in [1.165, 1.54) is 9.87 Å². The van der Waals surface area contributed by atoms with Crippen LogP contribution < -0.4 is 4.31 Å². The van der Waals surface area contributed by atoms with Crippen molar-refractivity contribution in [1.82, 2.24) is 4.98 Å². The van der Waals surface area contributed by atoms with Crippen molar-refractivity contribution >= 4 is 27.0 Å². The Morgan fingerprint density at radius 1 is 1.08 bits per heavy atom. The van der Waals surface area contributed by atoms with Gasteiger partial charge in [-0.15, -0.1) is 0 Å². The van der Waals surface area contributed by atoms with E-state index in [9.17, 15) is 8.42 Å². The molecule has 0 aliphatic rings. The molecule has 0 aliphatic heterocycles. The second-order valence-electron chi connectivity index (χ2n) is 5.75. The summed E-state index contributed by atoms with van der Waals surface area (Å²) in [7, 11) is -3.38. The molecule has 0 bridgehead atoms. The van der Waals surface area contributed by atoms with Gasteiger partial charge in [0.1, 0.15) is 0 Å². The highest BCUT2D eigenvalue weighted by molar-refractivity contribution is 7.92. The lowest BCUT2D eigenvalue weighted by atomic mass is 10.1. The molecule has 0 radical (unpaired) electrons. The van der Waals surface area contributed by atoms with E-state index >= 15 is 0 Å². The SMILES string of the molecule is CCS(=O)(=O)N(Cc1cccnc1)c1cccc(Cc2ccsc2)c1. The topological polar surface area (TPSA) is 50.3 Å². The Kier molecular flexibility index (Phi) is 5.50. The first-order valence-corrected chi connectivity index (χ1v) is 10.6. The summed E-state index contributed by atoms with van der Waals surface area (Å²) in [5, 5.41) is 4.16. The van der Waals surface area contributed by atoms with Gasteiger partial charge in [0.05, 0.1) is 18.0 Å². The zero-order valence-electron chi connectivity index (χ0n) is 14.0. The third-order valence-electron chi connectivity index (χ3n) is 3.94. The Balaban J connectivity index is 1.93. The highest BCUT2D eigenvalue weighted by Crippen LogP contribution is 2.24. The second kappa shape index (κ2) is 7.80. The van der Waals surface area contributed by atoms with Gasteiger partial charge < -0.3 is 0 Å². The lowest BCUT2D eigenvalue weighted by molar-refractivity contribution is 0.591. The van der Waals surface area contributed by atoms with Crippen LogP contribution in [0.4, 0.5) is 5.69 Å². The molecule has 0 N–H and O–H groups in total. The van der Waals surface area contributed by atoms with Crippen molar-refractivity contribution in [3.63, 3.8) is 0 Å². The summed E-state index contributed by atoms with van der Waals surface area (Å²) < 4.78 is 26.8. The molecule has 0 aliphatic carbocycles. The number of aromatic nitrogens is 1. The molecule has 0 unspecified atom stereocenters. The predicted molar refractivity (Wildman–Crippen MR) is 103 cm³/mol. The monoisotopic (exact) mass is 372 g/mol. The third-order valence-corrected chi connectivity index (χ3v) is 6.41. The number of thiophene rings is 1. The van der Waals surface area contributed by atoms with E-state index in [2.05, 4.69) is 21.8 Å². The highest BCUT2D eigenvalue weighted by Gasteiger charge is 2.21. The Morgan fingerprint density at radius 2 is 1.92 bits per heavy atom. The Hall–Kier alpha value is -2.18. The van der Waals surface area contributed by atoms with E-state index < -0.39 is 10.0 Å². The first-order chi connectivity index (χ1) is 12.1. The predicted octanol–water partition coefficient (Wildman–Crippen LogP) is 4.09. The van der Waals surface area contributed by atoms with Gasteiger partial charge in [0.15, 0.2) is 0 Å². The normalized spacial score (nSPS) is 11.4. The van der Waals surface area contributed by atoms with E-state index in [0.717, 1.165) is 17.5 Å². The molecule has 0 saturated heterocycles. The van der Waals surface area contributed by atoms with Gasteiger partial charge in [0.25, 0.3) is 0 Å². The summed E-state index contributed by atoms with van der Waals surface area (Å²) in [6.45, 7) is 1.95. The van der Waals surface area contributed by atoms with Crippen LogP contribution in [0.25, 0.3) is 0 Å². The van der Waals surface area contributed by atoms with Crippen molar-refractivity contribution in [2.24, 2.45) is 0 Å². The first-order valence-electron chi connectivity index (χ1n) is 8.08. The molecule has 1 aromatic carbocycles. The average molecular weight is 373 g/mol. The molecule has 2 aromatic heterocycles. The van der Waals surface area contributed by atoms with Gasteiger partial charge in [0, 0.05) is 12.4 Å². The van der Waals surface area contributed by atoms with Crippen LogP contribution in [-0.4, -0.2) is 19.2 Å². The number of anilines is 1. The van der Waals surface area contributed by atoms with Crippen LogP contribution in [0.1, 0.15) is 23.6 Å². The van der Waals surface area contributed by atoms with E-state index in [1.807, 2.05) is 36.4 Å². The smallest absolute Gasteiger partial charge is 0.235 e. The van der Waals surface area contributed by atoms with Crippen LogP contribution in [-0.2, 0) is 23.0 Å². The second-order valence-corrected chi connectivity index (χ2v) is 8.71. The summed E-state index contributed by atoms with van der Waals surface area (Å²) in [6.07, 6.45) is 4.18. The van der Waals surface area contributed by atoms with Crippen LogP contribution in [0.2, 0.25) is 0 Å². The summed E-state index contributed by atoms with van der Waals surface area (Å²) in [4.78, 5) is 4.09. The molecule has 2 heterocycles. The molecule has 3 rings (SSSR count). The molecule has 3 aromatic rings. The standard InChI is InChI=1S/C19H20N2O2S2/c1-2-25(22,23)21(14-18-6-4-9-20-13-18)19-7-3-5-16(12-19)11-17-8-10-24-15-17/h3-10,12-13,15H,2,11,14H2,1H3. The van der Waals surface area contributed by atoms with Crippen molar-refractivity contribution in [3.05, 3.63) is 82.3 Å². The molecule has 130 valence electrons. The van der Waals surface area contributed by atoms with Crippen molar-refractivity contribution in [2.45, 2.75) is 19.9 Å². The van der Waals surface area contributed by atoms with Gasteiger partial charge in [0.2, 0.25) is 10.0 Å². The van der Waals surface area contributed by atoms with E-state index in [-0.39, 0.29) is 12.3 Å². The Labute approximate surface area is 152 Å². The summed E-state index contributed by atoms with van der Waals surface area (Å²) in [5.74, 6) is 0.0576. The maximum absolute atomic E-state index is 12.6. The molecule has 0 saturated carbocycles. The number of pyridine rings is 1. The fraction of sp³-hybridized carbons (Fsp3) is 0.211. The summed E-state index contributed by atoms with van der Waals surface area (Å²) in [5.41, 5.74) is 3.89. The summed E-state index contributed by atoms with van der Waals surface area (Å²) in [6, 6.07) is 13.6. The van der Waals surface area contributed by atoms with Crippen LogP contribution in [0, 0.1) is 0 Å². The third kappa shape index (κ3) is 4.46. The van der Waals surface area contributed by atoms with Crippen LogP contribution >= 0.6 is 11.3 Å². The van der Waals surface area contributed by atoms with Gasteiger partial charge in [-0.3, -0.25) is 9.29 Å². The summed E-state index contributed by atoms with van der Waals surface area (Å²) >= 11 is 1.67. The number of hydrogen-bond acceptors (Lipinski definition) is 4. The molecule has 0 amide bonds. The molecule has 0 spiro atoms. The molecule has 25 heavy (non-hydrogen) atoms. The molecular weight excluding hydrogens is 352 g/mol. The van der Waals surface area contributed by atoms with Gasteiger partial charge in [-0.2, -0.15) is 11.3 Å². The first kappa shape index (κ1) is 17.6. The molecule has 0 fully saturated rings. The van der Waals surface area contributed by atoms with Crippen molar-refractivity contribution in [2.75, 3.05) is 10.1 Å². The molecule has 0 atom stereocenters. The van der Waals surface area contributed by atoms with Crippen LogP contribution in [0.5, 0.6) is 0 Å². The maximum Gasteiger partial charge on any atom is 0.235 e. The van der Waals surface area contributed by atoms with Gasteiger partial charge >= 0.3 is 0 Å².